The van der Waals surface area contributed by atoms with E-state index in [2.05, 4.69) is 6.92 Å². The summed E-state index contributed by atoms with van der Waals surface area (Å²) in [6.45, 7) is 3.73. The van der Waals surface area contributed by atoms with Gasteiger partial charge in [0.15, 0.2) is 0 Å². The molecular weight excluding hydrogens is 166 g/mol. The van der Waals surface area contributed by atoms with Gasteiger partial charge in [0.1, 0.15) is 0 Å². The molecule has 0 aliphatic carbocycles. The number of ether oxygens (including phenoxy) is 2. The molecule has 76 valence electrons. The lowest BCUT2D eigenvalue weighted by Crippen LogP contribution is -2.34. The van der Waals surface area contributed by atoms with E-state index in [1.54, 1.807) is 0 Å². The molecule has 3 nitrogen and oxygen atoms in total. The molecule has 2 saturated heterocycles. The lowest BCUT2D eigenvalue weighted by molar-refractivity contribution is -0.0522. The summed E-state index contributed by atoms with van der Waals surface area (Å²) in [5.74, 6) is 0.523. The third-order valence-corrected chi connectivity index (χ3v) is 3.20. The Morgan fingerprint density at radius 3 is 2.77 bits per heavy atom. The first-order valence-electron chi connectivity index (χ1n) is 5.28. The number of rotatable bonds is 2. The summed E-state index contributed by atoms with van der Waals surface area (Å²) in [4.78, 5) is 0. The maximum Gasteiger partial charge on any atom is 0.0877 e. The van der Waals surface area contributed by atoms with Crippen molar-refractivity contribution in [1.29, 1.82) is 0 Å². The highest BCUT2D eigenvalue weighted by Crippen LogP contribution is 2.31. The second-order valence-corrected chi connectivity index (χ2v) is 4.18. The van der Waals surface area contributed by atoms with E-state index < -0.39 is 0 Å². The maximum atomic E-state index is 5.80. The van der Waals surface area contributed by atoms with Crippen LogP contribution in [0.5, 0.6) is 0 Å². The van der Waals surface area contributed by atoms with Crippen molar-refractivity contribution < 1.29 is 9.47 Å². The van der Waals surface area contributed by atoms with E-state index in [9.17, 15) is 0 Å². The molecule has 0 amide bonds. The van der Waals surface area contributed by atoms with Gasteiger partial charge in [0.2, 0.25) is 0 Å². The van der Waals surface area contributed by atoms with Gasteiger partial charge in [0.25, 0.3) is 0 Å². The van der Waals surface area contributed by atoms with Gasteiger partial charge in [-0.15, -0.1) is 0 Å². The maximum absolute atomic E-state index is 5.80. The summed E-state index contributed by atoms with van der Waals surface area (Å²) < 4.78 is 11.5. The molecule has 2 aliphatic rings. The van der Waals surface area contributed by atoms with Crippen LogP contribution in [0.4, 0.5) is 0 Å². The fraction of sp³-hybridized carbons (Fsp3) is 1.00. The Hall–Kier alpha value is -0.120. The minimum absolute atomic E-state index is 0.273. The molecule has 2 aliphatic heterocycles. The van der Waals surface area contributed by atoms with Gasteiger partial charge < -0.3 is 15.2 Å². The van der Waals surface area contributed by atoms with Crippen LogP contribution < -0.4 is 5.73 Å². The molecule has 0 aromatic carbocycles. The Kier molecular flexibility index (Phi) is 2.86. The highest BCUT2D eigenvalue weighted by Gasteiger charge is 2.37. The van der Waals surface area contributed by atoms with Gasteiger partial charge in [-0.25, -0.2) is 0 Å². The van der Waals surface area contributed by atoms with E-state index in [1.165, 1.54) is 6.42 Å². The quantitative estimate of drug-likeness (QED) is 0.695. The van der Waals surface area contributed by atoms with Crippen molar-refractivity contribution in [3.8, 4) is 0 Å². The molecule has 0 saturated carbocycles. The Balaban J connectivity index is 1.92. The van der Waals surface area contributed by atoms with Crippen molar-refractivity contribution >= 4 is 0 Å². The third-order valence-electron chi connectivity index (χ3n) is 3.20. The van der Waals surface area contributed by atoms with Crippen LogP contribution in [0.1, 0.15) is 26.2 Å². The molecule has 3 heteroatoms. The van der Waals surface area contributed by atoms with Crippen LogP contribution in [0.2, 0.25) is 0 Å². The molecule has 4 atom stereocenters. The van der Waals surface area contributed by atoms with Gasteiger partial charge in [-0.1, -0.05) is 0 Å². The van der Waals surface area contributed by atoms with Crippen LogP contribution in [0.15, 0.2) is 0 Å². The van der Waals surface area contributed by atoms with Gasteiger partial charge in [-0.05, 0) is 32.7 Å². The average molecular weight is 185 g/mol. The van der Waals surface area contributed by atoms with Crippen molar-refractivity contribution in [3.05, 3.63) is 0 Å². The molecule has 0 bridgehead atoms. The molecule has 2 fully saturated rings. The first-order chi connectivity index (χ1) is 6.31. The van der Waals surface area contributed by atoms with Crippen molar-refractivity contribution in [2.75, 3.05) is 13.2 Å². The van der Waals surface area contributed by atoms with E-state index >= 15 is 0 Å². The first-order valence-corrected chi connectivity index (χ1v) is 5.28. The van der Waals surface area contributed by atoms with Crippen molar-refractivity contribution in [3.63, 3.8) is 0 Å². The smallest absolute Gasteiger partial charge is 0.0877 e. The SMILES string of the molecule is CC1CCC(C2OCCC2CN)O1. The minimum Gasteiger partial charge on any atom is -0.375 e. The minimum atomic E-state index is 0.273. The average Bonchev–Trinajstić information content (AvgIpc) is 2.71. The highest BCUT2D eigenvalue weighted by molar-refractivity contribution is 4.87. The Morgan fingerprint density at radius 1 is 1.31 bits per heavy atom. The van der Waals surface area contributed by atoms with E-state index in [0.29, 0.717) is 18.1 Å². The first kappa shape index (κ1) is 9.44. The predicted octanol–water partition coefficient (Wildman–Crippen LogP) is 0.918. The topological polar surface area (TPSA) is 44.5 Å². The number of hydrogen-bond donors (Lipinski definition) is 1. The number of hydrogen-bond acceptors (Lipinski definition) is 3. The summed E-state index contributed by atoms with van der Waals surface area (Å²) in [5.41, 5.74) is 5.69. The Labute approximate surface area is 79.6 Å². The molecule has 0 spiro atoms. The monoisotopic (exact) mass is 185 g/mol. The molecular formula is C10H19NO2. The Morgan fingerprint density at radius 2 is 2.15 bits per heavy atom. The van der Waals surface area contributed by atoms with Crippen molar-refractivity contribution in [2.24, 2.45) is 11.7 Å². The predicted molar refractivity (Wildman–Crippen MR) is 50.5 cm³/mol. The molecule has 0 aromatic heterocycles. The lowest BCUT2D eigenvalue weighted by Gasteiger charge is -2.23. The van der Waals surface area contributed by atoms with E-state index in [4.69, 9.17) is 15.2 Å². The summed E-state index contributed by atoms with van der Waals surface area (Å²) in [6, 6.07) is 0. The molecule has 2 rings (SSSR count). The molecule has 13 heavy (non-hydrogen) atoms. The van der Waals surface area contributed by atoms with E-state index in [-0.39, 0.29) is 6.10 Å². The molecule has 2 N–H and O–H groups in total. The van der Waals surface area contributed by atoms with Crippen LogP contribution in [-0.4, -0.2) is 31.5 Å². The second kappa shape index (κ2) is 3.95. The van der Waals surface area contributed by atoms with Crippen LogP contribution >= 0.6 is 0 Å². The largest absolute Gasteiger partial charge is 0.375 e. The van der Waals surface area contributed by atoms with Crippen molar-refractivity contribution in [1.82, 2.24) is 0 Å². The summed E-state index contributed by atoms with van der Waals surface area (Å²) >= 11 is 0. The molecule has 2 heterocycles. The number of nitrogens with two attached hydrogens (primary N) is 1. The lowest BCUT2D eigenvalue weighted by atomic mass is 9.96. The van der Waals surface area contributed by atoms with Crippen LogP contribution in [0.3, 0.4) is 0 Å². The van der Waals surface area contributed by atoms with E-state index in [1.807, 2.05) is 0 Å². The van der Waals surface area contributed by atoms with Crippen molar-refractivity contribution in [2.45, 2.75) is 44.5 Å². The standard InChI is InChI=1S/C10H19NO2/c1-7-2-3-9(13-7)10-8(6-11)4-5-12-10/h7-10H,2-6,11H2,1H3. The van der Waals surface area contributed by atoms with Gasteiger partial charge in [0, 0.05) is 12.5 Å². The fourth-order valence-electron chi connectivity index (χ4n) is 2.39. The third kappa shape index (κ3) is 1.87. The van der Waals surface area contributed by atoms with Gasteiger partial charge in [-0.3, -0.25) is 0 Å². The van der Waals surface area contributed by atoms with Gasteiger partial charge in [-0.2, -0.15) is 0 Å². The highest BCUT2D eigenvalue weighted by atomic mass is 16.6. The Bertz CT molecular complexity index is 174. The summed E-state index contributed by atoms with van der Waals surface area (Å²) in [5, 5.41) is 0. The zero-order valence-corrected chi connectivity index (χ0v) is 8.24. The van der Waals surface area contributed by atoms with Crippen LogP contribution in [0, 0.1) is 5.92 Å². The van der Waals surface area contributed by atoms with Gasteiger partial charge >= 0.3 is 0 Å². The summed E-state index contributed by atoms with van der Waals surface area (Å²) in [6.07, 6.45) is 4.41. The zero-order chi connectivity index (χ0) is 9.26. The summed E-state index contributed by atoms with van der Waals surface area (Å²) in [7, 11) is 0. The van der Waals surface area contributed by atoms with E-state index in [0.717, 1.165) is 26.0 Å². The fourth-order valence-corrected chi connectivity index (χ4v) is 2.39. The molecule has 0 aromatic rings. The second-order valence-electron chi connectivity index (χ2n) is 4.18. The molecule has 0 radical (unpaired) electrons. The zero-order valence-electron chi connectivity index (χ0n) is 8.24. The normalized spacial score (nSPS) is 45.7. The van der Waals surface area contributed by atoms with Gasteiger partial charge in [0.05, 0.1) is 18.3 Å². The van der Waals surface area contributed by atoms with Crippen LogP contribution in [-0.2, 0) is 9.47 Å². The molecule has 4 unspecified atom stereocenters. The van der Waals surface area contributed by atoms with Crippen LogP contribution in [0.25, 0.3) is 0 Å².